The molecule has 0 radical (unpaired) electrons. The molecule has 0 aliphatic carbocycles. The van der Waals surface area contributed by atoms with E-state index < -0.39 is 0 Å². The molecule has 0 unspecified atom stereocenters. The van der Waals surface area contributed by atoms with Gasteiger partial charge in [0, 0.05) is 7.05 Å². The lowest BCUT2D eigenvalue weighted by Crippen LogP contribution is -2.33. The Bertz CT molecular complexity index is 845. The number of carbonyl (C=O) groups excluding carboxylic acids is 1. The fourth-order valence-electron chi connectivity index (χ4n) is 2.78. The molecule has 0 N–H and O–H groups in total. The molecule has 0 aliphatic heterocycles. The molecule has 1 aromatic heterocycles. The highest BCUT2D eigenvalue weighted by Gasteiger charge is 2.23. The van der Waals surface area contributed by atoms with Gasteiger partial charge in [-0.05, 0) is 36.3 Å². The maximum atomic E-state index is 12.9. The van der Waals surface area contributed by atoms with Gasteiger partial charge in [0.1, 0.15) is 0 Å². The number of benzene rings is 2. The molecule has 28 heavy (non-hydrogen) atoms. The van der Waals surface area contributed by atoms with Gasteiger partial charge in [0.25, 0.3) is 5.19 Å². The minimum atomic E-state index is -0.134. The van der Waals surface area contributed by atoms with Crippen LogP contribution < -0.4 is 4.74 Å². The third kappa shape index (κ3) is 5.33. The van der Waals surface area contributed by atoms with Crippen LogP contribution in [0.15, 0.2) is 65.0 Å². The third-order valence-corrected chi connectivity index (χ3v) is 5.99. The molecule has 0 atom stereocenters. The molecule has 1 amide bonds. The molecule has 0 saturated heterocycles. The Morgan fingerprint density at radius 2 is 1.61 bits per heavy atom. The Morgan fingerprint density at radius 3 is 2.14 bits per heavy atom. The third-order valence-electron chi connectivity index (χ3n) is 4.05. The molecular formula is C21H23N3O2S2. The maximum absolute atomic E-state index is 12.9. The zero-order valence-electron chi connectivity index (χ0n) is 16.1. The van der Waals surface area contributed by atoms with Crippen LogP contribution in [0, 0.1) is 0 Å². The maximum Gasteiger partial charge on any atom is 0.295 e. The largest absolute Gasteiger partial charge is 0.466 e. The number of carbonyl (C=O) groups is 1. The van der Waals surface area contributed by atoms with Crippen LogP contribution in [0.4, 0.5) is 0 Å². The van der Waals surface area contributed by atoms with Gasteiger partial charge in [-0.3, -0.25) is 4.79 Å². The molecule has 0 saturated carbocycles. The normalized spacial score (nSPS) is 11.0. The zero-order valence-corrected chi connectivity index (χ0v) is 17.7. The summed E-state index contributed by atoms with van der Waals surface area (Å²) in [6.45, 7) is 3.89. The van der Waals surface area contributed by atoms with Crippen molar-refractivity contribution in [3.63, 3.8) is 0 Å². The number of ether oxygens (including phenoxy) is 1. The van der Waals surface area contributed by atoms with E-state index in [0.717, 1.165) is 15.5 Å². The predicted molar refractivity (Wildman–Crippen MR) is 114 cm³/mol. The molecule has 3 aromatic rings. The summed E-state index contributed by atoms with van der Waals surface area (Å²) in [5.41, 5.74) is 2.16. The van der Waals surface area contributed by atoms with E-state index in [2.05, 4.69) is 34.5 Å². The van der Waals surface area contributed by atoms with Gasteiger partial charge in [0.2, 0.25) is 5.91 Å². The zero-order chi connectivity index (χ0) is 19.9. The van der Waals surface area contributed by atoms with Gasteiger partial charge in [-0.15, -0.1) is 5.10 Å². The first-order valence-electron chi connectivity index (χ1n) is 9.03. The van der Waals surface area contributed by atoms with Gasteiger partial charge in [0.15, 0.2) is 4.34 Å². The van der Waals surface area contributed by atoms with Crippen LogP contribution in [0.3, 0.4) is 0 Å². The SMILES string of the molecule is CC(C)Oc1nnc(SCC(=O)N(C)C(c2ccccc2)c2ccccc2)s1. The molecule has 0 fully saturated rings. The number of rotatable bonds is 8. The Balaban J connectivity index is 1.71. The highest BCUT2D eigenvalue weighted by molar-refractivity contribution is 8.01. The number of nitrogens with zero attached hydrogens (tertiary/aromatic N) is 3. The molecule has 146 valence electrons. The van der Waals surface area contributed by atoms with Crippen LogP contribution in [0.5, 0.6) is 5.19 Å². The first-order chi connectivity index (χ1) is 13.5. The summed E-state index contributed by atoms with van der Waals surface area (Å²) in [7, 11) is 1.85. The van der Waals surface area contributed by atoms with E-state index in [0.29, 0.717) is 10.9 Å². The molecule has 0 bridgehead atoms. The summed E-state index contributed by atoms with van der Waals surface area (Å²) in [6, 6.07) is 20.0. The Morgan fingerprint density at radius 1 is 1.04 bits per heavy atom. The van der Waals surface area contributed by atoms with Gasteiger partial charge in [-0.25, -0.2) is 0 Å². The highest BCUT2D eigenvalue weighted by atomic mass is 32.2. The van der Waals surface area contributed by atoms with Gasteiger partial charge in [-0.1, -0.05) is 77.5 Å². The minimum absolute atomic E-state index is 0.0317. The second kappa shape index (κ2) is 9.71. The lowest BCUT2D eigenvalue weighted by molar-refractivity contribution is -0.128. The van der Waals surface area contributed by atoms with Gasteiger partial charge in [-0.2, -0.15) is 0 Å². The van der Waals surface area contributed by atoms with E-state index in [-0.39, 0.29) is 18.1 Å². The van der Waals surface area contributed by atoms with Crippen LogP contribution in [-0.4, -0.2) is 39.9 Å². The number of hydrogen-bond donors (Lipinski definition) is 0. The lowest BCUT2D eigenvalue weighted by atomic mass is 9.97. The summed E-state index contributed by atoms with van der Waals surface area (Å²) >= 11 is 2.75. The highest BCUT2D eigenvalue weighted by Crippen LogP contribution is 2.31. The molecule has 7 heteroatoms. The fraction of sp³-hybridized carbons (Fsp3) is 0.286. The van der Waals surface area contributed by atoms with E-state index in [1.165, 1.54) is 23.1 Å². The molecule has 0 aliphatic rings. The number of aromatic nitrogens is 2. The van der Waals surface area contributed by atoms with Crippen molar-refractivity contribution in [1.29, 1.82) is 0 Å². The first kappa shape index (κ1) is 20.4. The predicted octanol–water partition coefficient (Wildman–Crippen LogP) is 4.67. The van der Waals surface area contributed by atoms with Crippen molar-refractivity contribution in [2.24, 2.45) is 0 Å². The van der Waals surface area contributed by atoms with Crippen molar-refractivity contribution in [3.05, 3.63) is 71.8 Å². The van der Waals surface area contributed by atoms with Crippen molar-refractivity contribution in [3.8, 4) is 5.19 Å². The van der Waals surface area contributed by atoms with Crippen molar-refractivity contribution >= 4 is 29.0 Å². The van der Waals surface area contributed by atoms with E-state index in [9.17, 15) is 4.79 Å². The van der Waals surface area contributed by atoms with E-state index >= 15 is 0 Å². The summed E-state index contributed by atoms with van der Waals surface area (Å²) in [5.74, 6) is 0.326. The lowest BCUT2D eigenvalue weighted by Gasteiger charge is -2.29. The molecule has 1 heterocycles. The van der Waals surface area contributed by atoms with Crippen molar-refractivity contribution in [2.75, 3.05) is 12.8 Å². The standard InChI is InChI=1S/C21H23N3O2S2/c1-15(2)26-20-22-23-21(28-20)27-14-18(25)24(3)19(16-10-6-4-7-11-16)17-12-8-5-9-13-17/h4-13,15,19H,14H2,1-3H3. The van der Waals surface area contributed by atoms with Gasteiger partial charge in [0.05, 0.1) is 17.9 Å². The number of thioether (sulfide) groups is 1. The van der Waals surface area contributed by atoms with Gasteiger partial charge < -0.3 is 9.64 Å². The van der Waals surface area contributed by atoms with E-state index in [4.69, 9.17) is 4.74 Å². The summed E-state index contributed by atoms with van der Waals surface area (Å²) < 4.78 is 6.27. The first-order valence-corrected chi connectivity index (χ1v) is 10.8. The van der Waals surface area contributed by atoms with Crippen LogP contribution in [0.25, 0.3) is 0 Å². The fourth-order valence-corrected chi connectivity index (χ4v) is 4.51. The Kier molecular flexibility index (Phi) is 7.06. The van der Waals surface area contributed by atoms with Crippen LogP contribution >= 0.6 is 23.1 Å². The average Bonchev–Trinajstić information content (AvgIpc) is 3.14. The molecule has 3 rings (SSSR count). The molecule has 5 nitrogen and oxygen atoms in total. The minimum Gasteiger partial charge on any atom is -0.466 e. The summed E-state index contributed by atoms with van der Waals surface area (Å²) in [4.78, 5) is 14.7. The summed E-state index contributed by atoms with van der Waals surface area (Å²) in [5, 5.41) is 8.64. The quantitative estimate of drug-likeness (QED) is 0.503. The molecule has 0 spiro atoms. The second-order valence-corrected chi connectivity index (χ2v) is 8.68. The van der Waals surface area contributed by atoms with E-state index in [1.54, 1.807) is 4.90 Å². The van der Waals surface area contributed by atoms with Crippen molar-refractivity contribution in [1.82, 2.24) is 15.1 Å². The second-order valence-electron chi connectivity index (χ2n) is 6.52. The number of amides is 1. The monoisotopic (exact) mass is 413 g/mol. The molecule has 2 aromatic carbocycles. The van der Waals surface area contributed by atoms with Crippen LogP contribution in [0.2, 0.25) is 0 Å². The van der Waals surface area contributed by atoms with Crippen LogP contribution in [0.1, 0.15) is 31.0 Å². The van der Waals surface area contributed by atoms with Crippen molar-refractivity contribution in [2.45, 2.75) is 30.3 Å². The summed E-state index contributed by atoms with van der Waals surface area (Å²) in [6.07, 6.45) is 0.0519. The topological polar surface area (TPSA) is 55.3 Å². The Labute approximate surface area is 173 Å². The molecular weight excluding hydrogens is 390 g/mol. The Hall–Kier alpha value is -2.38. The smallest absolute Gasteiger partial charge is 0.295 e. The number of hydrogen-bond acceptors (Lipinski definition) is 6. The van der Waals surface area contributed by atoms with E-state index in [1.807, 2.05) is 57.3 Å². The van der Waals surface area contributed by atoms with Crippen LogP contribution in [-0.2, 0) is 4.79 Å². The average molecular weight is 414 g/mol. The van der Waals surface area contributed by atoms with Crippen molar-refractivity contribution < 1.29 is 9.53 Å². The van der Waals surface area contributed by atoms with Gasteiger partial charge >= 0.3 is 0 Å².